The Morgan fingerprint density at radius 3 is 2.80 bits per heavy atom. The molecule has 0 aliphatic heterocycles. The number of aryl methyl sites for hydroxylation is 1. The van der Waals surface area contributed by atoms with Gasteiger partial charge in [-0.25, -0.2) is 9.37 Å². The third kappa shape index (κ3) is 3.65. The fourth-order valence-corrected chi connectivity index (χ4v) is 3.63. The molecule has 0 spiro atoms. The Hall–Kier alpha value is -0.780. The Balaban J connectivity index is 2.23. The largest absolute Gasteiger partial charge is 0.312 e. The monoisotopic (exact) mass is 356 g/mol. The molecule has 108 valence electrons. The normalized spacial score (nSPS) is 11.3. The molecular weight excluding hydrogens is 339 g/mol. The highest BCUT2D eigenvalue weighted by Crippen LogP contribution is 2.34. The highest BCUT2D eigenvalue weighted by Gasteiger charge is 2.15. The molecule has 0 amide bonds. The van der Waals surface area contributed by atoms with Crippen molar-refractivity contribution >= 4 is 27.3 Å². The molecule has 5 heteroatoms. The van der Waals surface area contributed by atoms with Crippen LogP contribution < -0.4 is 5.32 Å². The van der Waals surface area contributed by atoms with E-state index in [4.69, 9.17) is 0 Å². The van der Waals surface area contributed by atoms with E-state index in [0.717, 1.165) is 33.1 Å². The molecule has 0 aliphatic carbocycles. The summed E-state index contributed by atoms with van der Waals surface area (Å²) in [4.78, 5) is 5.67. The first kappa shape index (κ1) is 15.6. The average Bonchev–Trinajstić information content (AvgIpc) is 2.70. The van der Waals surface area contributed by atoms with Crippen LogP contribution in [0.5, 0.6) is 0 Å². The van der Waals surface area contributed by atoms with E-state index in [2.05, 4.69) is 40.1 Å². The van der Waals surface area contributed by atoms with Crippen LogP contribution in [0, 0.1) is 18.7 Å². The molecule has 2 rings (SSSR count). The molecule has 0 radical (unpaired) electrons. The molecular formula is C15H18BrFN2S. The minimum absolute atomic E-state index is 0.241. The molecule has 0 unspecified atom stereocenters. The van der Waals surface area contributed by atoms with Gasteiger partial charge in [0.25, 0.3) is 0 Å². The number of benzene rings is 1. The fraction of sp³-hybridized carbons (Fsp3) is 0.400. The Morgan fingerprint density at radius 2 is 2.15 bits per heavy atom. The minimum atomic E-state index is -0.241. The van der Waals surface area contributed by atoms with Crippen molar-refractivity contribution in [3.63, 3.8) is 0 Å². The maximum atomic E-state index is 14.0. The van der Waals surface area contributed by atoms with Crippen LogP contribution in [0.1, 0.15) is 24.4 Å². The third-order valence-electron chi connectivity index (χ3n) is 2.91. The number of nitrogens with one attached hydrogen (secondary N) is 1. The van der Waals surface area contributed by atoms with Gasteiger partial charge < -0.3 is 5.32 Å². The first-order valence-electron chi connectivity index (χ1n) is 6.60. The van der Waals surface area contributed by atoms with E-state index in [0.29, 0.717) is 11.5 Å². The van der Waals surface area contributed by atoms with E-state index < -0.39 is 0 Å². The number of rotatable bonds is 5. The quantitative estimate of drug-likeness (QED) is 0.834. The van der Waals surface area contributed by atoms with Crippen LogP contribution in [0.3, 0.4) is 0 Å². The van der Waals surface area contributed by atoms with Crippen molar-refractivity contribution in [2.24, 2.45) is 5.92 Å². The van der Waals surface area contributed by atoms with Crippen LogP contribution in [0.4, 0.5) is 4.39 Å². The second kappa shape index (κ2) is 6.78. The standard InChI is InChI=1S/C15H18BrFN2S/c1-9(2)7-18-8-13-10(3)19-15(20-13)14-11(16)5-4-6-12(14)17/h4-6,9,18H,7-8H2,1-3H3. The van der Waals surface area contributed by atoms with Gasteiger partial charge in [0.1, 0.15) is 10.8 Å². The predicted octanol–water partition coefficient (Wildman–Crippen LogP) is 4.77. The summed E-state index contributed by atoms with van der Waals surface area (Å²) in [5.41, 5.74) is 1.52. The highest BCUT2D eigenvalue weighted by atomic mass is 79.9. The summed E-state index contributed by atoms with van der Waals surface area (Å²) in [6.07, 6.45) is 0. The SMILES string of the molecule is Cc1nc(-c2c(F)cccc2Br)sc1CNCC(C)C. The van der Waals surface area contributed by atoms with Gasteiger partial charge in [-0.2, -0.15) is 0 Å². The van der Waals surface area contributed by atoms with Crippen LogP contribution >= 0.6 is 27.3 Å². The van der Waals surface area contributed by atoms with Gasteiger partial charge in [-0.15, -0.1) is 11.3 Å². The zero-order valence-electron chi connectivity index (χ0n) is 11.8. The first-order chi connectivity index (χ1) is 9.49. The van der Waals surface area contributed by atoms with E-state index in [-0.39, 0.29) is 5.82 Å². The predicted molar refractivity (Wildman–Crippen MR) is 86.5 cm³/mol. The summed E-state index contributed by atoms with van der Waals surface area (Å²) in [7, 11) is 0. The van der Waals surface area contributed by atoms with Crippen molar-refractivity contribution in [2.45, 2.75) is 27.3 Å². The maximum Gasteiger partial charge on any atom is 0.134 e. The van der Waals surface area contributed by atoms with E-state index in [1.165, 1.54) is 6.07 Å². The van der Waals surface area contributed by atoms with Gasteiger partial charge >= 0.3 is 0 Å². The Morgan fingerprint density at radius 1 is 1.40 bits per heavy atom. The molecule has 0 fully saturated rings. The molecule has 20 heavy (non-hydrogen) atoms. The Bertz CT molecular complexity index is 575. The highest BCUT2D eigenvalue weighted by molar-refractivity contribution is 9.10. The van der Waals surface area contributed by atoms with Gasteiger partial charge in [0.15, 0.2) is 0 Å². The lowest BCUT2D eigenvalue weighted by atomic mass is 10.2. The molecule has 1 aromatic heterocycles. The lowest BCUT2D eigenvalue weighted by Gasteiger charge is -2.05. The van der Waals surface area contributed by atoms with Crippen molar-refractivity contribution < 1.29 is 4.39 Å². The number of halogens is 2. The summed E-state index contributed by atoms with van der Waals surface area (Å²) in [6, 6.07) is 4.99. The number of aromatic nitrogens is 1. The number of nitrogens with zero attached hydrogens (tertiary/aromatic N) is 1. The molecule has 1 N–H and O–H groups in total. The van der Waals surface area contributed by atoms with E-state index in [1.54, 1.807) is 17.4 Å². The molecule has 0 saturated carbocycles. The number of hydrogen-bond donors (Lipinski definition) is 1. The first-order valence-corrected chi connectivity index (χ1v) is 8.21. The summed E-state index contributed by atoms with van der Waals surface area (Å²) >= 11 is 4.95. The van der Waals surface area contributed by atoms with Crippen molar-refractivity contribution in [3.8, 4) is 10.6 Å². The van der Waals surface area contributed by atoms with Gasteiger partial charge in [-0.3, -0.25) is 0 Å². The van der Waals surface area contributed by atoms with E-state index >= 15 is 0 Å². The average molecular weight is 357 g/mol. The Labute approximate surface area is 131 Å². The number of thiazole rings is 1. The van der Waals surface area contributed by atoms with Crippen molar-refractivity contribution in [2.75, 3.05) is 6.54 Å². The molecule has 0 bridgehead atoms. The molecule has 2 aromatic rings. The van der Waals surface area contributed by atoms with E-state index in [9.17, 15) is 4.39 Å². The molecule has 0 aliphatic rings. The number of hydrogen-bond acceptors (Lipinski definition) is 3. The summed E-state index contributed by atoms with van der Waals surface area (Å²) in [5, 5.41) is 4.13. The van der Waals surface area contributed by atoms with Crippen molar-refractivity contribution in [3.05, 3.63) is 39.1 Å². The van der Waals surface area contributed by atoms with Crippen molar-refractivity contribution in [1.29, 1.82) is 0 Å². The zero-order chi connectivity index (χ0) is 14.7. The summed E-state index contributed by atoms with van der Waals surface area (Å²) in [5.74, 6) is 0.373. The smallest absolute Gasteiger partial charge is 0.134 e. The van der Waals surface area contributed by atoms with Crippen molar-refractivity contribution in [1.82, 2.24) is 10.3 Å². The molecule has 0 atom stereocenters. The van der Waals surface area contributed by atoms with Gasteiger partial charge in [0, 0.05) is 15.9 Å². The lowest BCUT2D eigenvalue weighted by Crippen LogP contribution is -2.18. The maximum absolute atomic E-state index is 14.0. The van der Waals surface area contributed by atoms with Crippen LogP contribution in [-0.2, 0) is 6.54 Å². The summed E-state index contributed by atoms with van der Waals surface area (Å²) in [6.45, 7) is 8.08. The van der Waals surface area contributed by atoms with Crippen LogP contribution in [0.2, 0.25) is 0 Å². The van der Waals surface area contributed by atoms with Crippen LogP contribution in [0.15, 0.2) is 22.7 Å². The van der Waals surface area contributed by atoms with Crippen LogP contribution in [0.25, 0.3) is 10.6 Å². The van der Waals surface area contributed by atoms with Crippen LogP contribution in [-0.4, -0.2) is 11.5 Å². The van der Waals surface area contributed by atoms with Gasteiger partial charge in [0.05, 0.1) is 11.3 Å². The zero-order valence-corrected chi connectivity index (χ0v) is 14.2. The lowest BCUT2D eigenvalue weighted by molar-refractivity contribution is 0.554. The molecule has 2 nitrogen and oxygen atoms in total. The van der Waals surface area contributed by atoms with Gasteiger partial charge in [-0.1, -0.05) is 19.9 Å². The Kier molecular flexibility index (Phi) is 5.29. The fourth-order valence-electron chi connectivity index (χ4n) is 1.88. The second-order valence-corrected chi connectivity index (χ2v) is 7.09. The van der Waals surface area contributed by atoms with Gasteiger partial charge in [-0.05, 0) is 47.4 Å². The molecule has 1 aromatic carbocycles. The van der Waals surface area contributed by atoms with Gasteiger partial charge in [0.2, 0.25) is 0 Å². The summed E-state index contributed by atoms with van der Waals surface area (Å²) < 4.78 is 14.7. The molecule has 1 heterocycles. The minimum Gasteiger partial charge on any atom is -0.312 e. The third-order valence-corrected chi connectivity index (χ3v) is 4.74. The molecule has 0 saturated heterocycles. The second-order valence-electron chi connectivity index (χ2n) is 5.15. The topological polar surface area (TPSA) is 24.9 Å². The van der Waals surface area contributed by atoms with E-state index in [1.807, 2.05) is 13.0 Å².